The first kappa shape index (κ1) is 17.7. The zero-order valence-electron chi connectivity index (χ0n) is 13.9. The molecular formula is C16H27NO3Si. The normalized spacial score (nSPS) is 13.6. The Morgan fingerprint density at radius 2 is 1.81 bits per heavy atom. The average Bonchev–Trinajstić information content (AvgIpc) is 2.42. The SMILES string of the molecule is COC(=O)NCC(O[Si](C)(C)C(C)(C)C)c1ccccc1. The van der Waals surface area contributed by atoms with Crippen LogP contribution in [0, 0.1) is 0 Å². The van der Waals surface area contributed by atoms with Gasteiger partial charge in [0, 0.05) is 0 Å². The number of amides is 1. The Kier molecular flexibility index (Phi) is 5.98. The van der Waals surface area contributed by atoms with Gasteiger partial charge in [-0.25, -0.2) is 4.79 Å². The molecule has 0 aliphatic heterocycles. The van der Waals surface area contributed by atoms with Gasteiger partial charge in [0.15, 0.2) is 8.32 Å². The Balaban J connectivity index is 2.90. The minimum absolute atomic E-state index is 0.116. The van der Waals surface area contributed by atoms with Gasteiger partial charge in [-0.2, -0.15) is 0 Å². The molecule has 0 saturated heterocycles. The van der Waals surface area contributed by atoms with E-state index in [9.17, 15) is 4.79 Å². The molecule has 0 bridgehead atoms. The lowest BCUT2D eigenvalue weighted by atomic mass is 10.1. The predicted octanol–water partition coefficient (Wildman–Crippen LogP) is 4.11. The van der Waals surface area contributed by atoms with Gasteiger partial charge in [-0.1, -0.05) is 51.1 Å². The second-order valence-electron chi connectivity index (χ2n) is 6.65. The van der Waals surface area contributed by atoms with Crippen molar-refractivity contribution in [3.8, 4) is 0 Å². The number of carbonyl (C=O) groups is 1. The first-order valence-electron chi connectivity index (χ1n) is 7.22. The fraction of sp³-hybridized carbons (Fsp3) is 0.562. The molecule has 0 radical (unpaired) electrons. The Hall–Kier alpha value is -1.33. The van der Waals surface area contributed by atoms with Crippen molar-refractivity contribution in [2.75, 3.05) is 13.7 Å². The van der Waals surface area contributed by atoms with E-state index in [-0.39, 0.29) is 11.1 Å². The first-order valence-corrected chi connectivity index (χ1v) is 10.1. The smallest absolute Gasteiger partial charge is 0.406 e. The third-order valence-corrected chi connectivity index (χ3v) is 8.52. The molecule has 1 atom stereocenters. The summed E-state index contributed by atoms with van der Waals surface area (Å²) in [4.78, 5) is 11.3. The van der Waals surface area contributed by atoms with Gasteiger partial charge in [0.1, 0.15) is 0 Å². The first-order chi connectivity index (χ1) is 9.67. The highest BCUT2D eigenvalue weighted by Gasteiger charge is 2.39. The fourth-order valence-electron chi connectivity index (χ4n) is 1.68. The van der Waals surface area contributed by atoms with Crippen molar-refractivity contribution in [2.24, 2.45) is 0 Å². The molecule has 1 unspecified atom stereocenters. The number of ether oxygens (including phenoxy) is 1. The molecule has 118 valence electrons. The Bertz CT molecular complexity index is 454. The Labute approximate surface area is 129 Å². The van der Waals surface area contributed by atoms with Crippen LogP contribution in [-0.4, -0.2) is 28.1 Å². The molecule has 0 spiro atoms. The molecule has 1 amide bonds. The molecule has 5 heteroatoms. The van der Waals surface area contributed by atoms with Crippen LogP contribution in [0.1, 0.15) is 32.4 Å². The van der Waals surface area contributed by atoms with Crippen molar-refractivity contribution < 1.29 is 14.0 Å². The fourth-order valence-corrected chi connectivity index (χ4v) is 2.96. The highest BCUT2D eigenvalue weighted by Crippen LogP contribution is 2.39. The molecule has 0 saturated carbocycles. The van der Waals surface area contributed by atoms with E-state index in [4.69, 9.17) is 4.43 Å². The van der Waals surface area contributed by atoms with E-state index in [1.807, 2.05) is 30.3 Å². The molecule has 4 nitrogen and oxygen atoms in total. The molecule has 0 aliphatic carbocycles. The standard InChI is InChI=1S/C16H27NO3Si/c1-16(2,3)21(5,6)20-14(12-17-15(18)19-4)13-10-8-7-9-11-13/h7-11,14H,12H2,1-6H3,(H,17,18). The number of benzene rings is 1. The largest absolute Gasteiger partial charge is 0.453 e. The highest BCUT2D eigenvalue weighted by molar-refractivity contribution is 6.74. The molecule has 0 fully saturated rings. The summed E-state index contributed by atoms with van der Waals surface area (Å²) in [5.74, 6) is 0. The van der Waals surface area contributed by atoms with Crippen molar-refractivity contribution >= 4 is 14.4 Å². The maximum Gasteiger partial charge on any atom is 0.406 e. The van der Waals surface area contributed by atoms with Crippen molar-refractivity contribution in [3.05, 3.63) is 35.9 Å². The van der Waals surface area contributed by atoms with Crippen molar-refractivity contribution in [3.63, 3.8) is 0 Å². The van der Waals surface area contributed by atoms with Gasteiger partial charge < -0.3 is 14.5 Å². The maximum absolute atomic E-state index is 11.3. The van der Waals surface area contributed by atoms with Crippen LogP contribution < -0.4 is 5.32 Å². The second kappa shape index (κ2) is 7.09. The van der Waals surface area contributed by atoms with Crippen LogP contribution in [-0.2, 0) is 9.16 Å². The van der Waals surface area contributed by atoms with Crippen LogP contribution in [0.5, 0.6) is 0 Å². The Morgan fingerprint density at radius 1 is 1.24 bits per heavy atom. The van der Waals surface area contributed by atoms with E-state index in [0.717, 1.165) is 5.56 Å². The minimum atomic E-state index is -1.93. The van der Waals surface area contributed by atoms with Crippen LogP contribution in [0.15, 0.2) is 30.3 Å². The zero-order valence-corrected chi connectivity index (χ0v) is 14.9. The number of methoxy groups -OCH3 is 1. The summed E-state index contributed by atoms with van der Waals surface area (Å²) in [5, 5.41) is 2.86. The van der Waals surface area contributed by atoms with Gasteiger partial charge in [0.05, 0.1) is 19.8 Å². The molecule has 1 rings (SSSR count). The lowest BCUT2D eigenvalue weighted by Crippen LogP contribution is -2.44. The van der Waals surface area contributed by atoms with E-state index in [0.29, 0.717) is 6.54 Å². The van der Waals surface area contributed by atoms with Crippen LogP contribution in [0.3, 0.4) is 0 Å². The summed E-state index contributed by atoms with van der Waals surface area (Å²) in [5.41, 5.74) is 1.07. The van der Waals surface area contributed by atoms with Gasteiger partial charge in [-0.15, -0.1) is 0 Å². The number of nitrogens with one attached hydrogen (secondary N) is 1. The van der Waals surface area contributed by atoms with E-state index >= 15 is 0 Å². The van der Waals surface area contributed by atoms with E-state index in [1.165, 1.54) is 7.11 Å². The quantitative estimate of drug-likeness (QED) is 0.833. The summed E-state index contributed by atoms with van der Waals surface area (Å²) < 4.78 is 11.1. The van der Waals surface area contributed by atoms with Gasteiger partial charge in [0.25, 0.3) is 0 Å². The van der Waals surface area contributed by atoms with E-state index in [2.05, 4.69) is 43.9 Å². The topological polar surface area (TPSA) is 47.6 Å². The molecule has 21 heavy (non-hydrogen) atoms. The van der Waals surface area contributed by atoms with Gasteiger partial charge in [-0.3, -0.25) is 0 Å². The minimum Gasteiger partial charge on any atom is -0.453 e. The molecule has 0 aliphatic rings. The molecule has 0 heterocycles. The number of hydrogen-bond donors (Lipinski definition) is 1. The van der Waals surface area contributed by atoms with Crippen molar-refractivity contribution in [1.29, 1.82) is 0 Å². The van der Waals surface area contributed by atoms with Gasteiger partial charge >= 0.3 is 6.09 Å². The van der Waals surface area contributed by atoms with Gasteiger partial charge in [-0.05, 0) is 23.7 Å². The van der Waals surface area contributed by atoms with E-state index < -0.39 is 14.4 Å². The summed E-state index contributed by atoms with van der Waals surface area (Å²) in [6.07, 6.45) is -0.596. The molecule has 1 aromatic rings. The predicted molar refractivity (Wildman–Crippen MR) is 87.9 cm³/mol. The number of hydrogen-bond acceptors (Lipinski definition) is 3. The van der Waals surface area contributed by atoms with Crippen LogP contribution >= 0.6 is 0 Å². The number of rotatable bonds is 5. The third-order valence-electron chi connectivity index (χ3n) is 4.03. The molecular weight excluding hydrogens is 282 g/mol. The monoisotopic (exact) mass is 309 g/mol. The summed E-state index contributed by atoms with van der Waals surface area (Å²) in [6, 6.07) is 9.99. The summed E-state index contributed by atoms with van der Waals surface area (Å²) in [6.45, 7) is 11.4. The number of carbonyl (C=O) groups excluding carboxylic acids is 1. The molecule has 0 aromatic heterocycles. The van der Waals surface area contributed by atoms with Crippen molar-refractivity contribution in [1.82, 2.24) is 5.32 Å². The number of alkyl carbamates (subject to hydrolysis) is 1. The lowest BCUT2D eigenvalue weighted by molar-refractivity contribution is 0.150. The van der Waals surface area contributed by atoms with Crippen LogP contribution in [0.4, 0.5) is 4.79 Å². The van der Waals surface area contributed by atoms with Crippen LogP contribution in [0.25, 0.3) is 0 Å². The Morgan fingerprint density at radius 3 is 2.29 bits per heavy atom. The van der Waals surface area contributed by atoms with E-state index in [1.54, 1.807) is 0 Å². The zero-order chi connectivity index (χ0) is 16.1. The van der Waals surface area contributed by atoms with Crippen molar-refractivity contribution in [2.45, 2.75) is 45.0 Å². The third kappa shape index (κ3) is 5.17. The lowest BCUT2D eigenvalue weighted by Gasteiger charge is -2.39. The maximum atomic E-state index is 11.3. The summed E-state index contributed by atoms with van der Waals surface area (Å²) >= 11 is 0. The summed E-state index contributed by atoms with van der Waals surface area (Å²) in [7, 11) is -0.562. The highest BCUT2D eigenvalue weighted by atomic mass is 28.4. The van der Waals surface area contributed by atoms with Crippen LogP contribution in [0.2, 0.25) is 18.1 Å². The second-order valence-corrected chi connectivity index (χ2v) is 11.4. The van der Waals surface area contributed by atoms with Gasteiger partial charge in [0.2, 0.25) is 0 Å². The average molecular weight is 309 g/mol. The molecule has 1 N–H and O–H groups in total. The molecule has 1 aromatic carbocycles.